The zero-order chi connectivity index (χ0) is 24.6. The lowest BCUT2D eigenvalue weighted by Crippen LogP contribution is -2.29. The number of carbonyl (C=O) groups is 1. The first-order chi connectivity index (χ1) is 16.1. The van der Waals surface area contributed by atoms with Crippen LogP contribution in [0.15, 0.2) is 46.7 Å². The second kappa shape index (κ2) is 9.38. The number of carbonyl (C=O) groups excluding carboxylic acids is 1. The van der Waals surface area contributed by atoms with Crippen molar-refractivity contribution in [3.63, 3.8) is 0 Å². The number of aryl methyl sites for hydroxylation is 2. The highest BCUT2D eigenvalue weighted by Gasteiger charge is 2.27. The molecule has 4 rings (SSSR count). The minimum atomic E-state index is -4.20. The molecular formula is C25H28FN3O3S2. The summed E-state index contributed by atoms with van der Waals surface area (Å²) in [6, 6.07) is 8.77. The third-order valence-corrected chi connectivity index (χ3v) is 8.48. The quantitative estimate of drug-likeness (QED) is 0.485. The van der Waals surface area contributed by atoms with Crippen molar-refractivity contribution in [2.45, 2.75) is 38.5 Å². The number of hydrogen-bond donors (Lipinski definition) is 1. The predicted octanol–water partition coefficient (Wildman–Crippen LogP) is 5.49. The second-order valence-electron chi connectivity index (χ2n) is 8.59. The highest BCUT2D eigenvalue weighted by Crippen LogP contribution is 2.38. The van der Waals surface area contributed by atoms with E-state index < -0.39 is 20.7 Å². The Kier molecular flexibility index (Phi) is 6.69. The highest BCUT2D eigenvalue weighted by atomic mass is 32.2. The summed E-state index contributed by atoms with van der Waals surface area (Å²) in [5.74, 6) is -1.18. The summed E-state index contributed by atoms with van der Waals surface area (Å²) in [4.78, 5) is 17.3. The minimum absolute atomic E-state index is 0.132. The molecule has 3 aromatic rings. The molecule has 1 aliphatic rings. The second-order valence-corrected chi connectivity index (χ2v) is 11.2. The number of halogens is 1. The number of amides is 1. The standard InChI is InChI=1S/C25H28FN3O3S2/c1-16-15-17(2)23(29-12-7-8-13-29)18(3)22(16)28(4)25(30)24-20(11-14-33-24)27-34(31,32)21-10-6-5-9-19(21)26/h5-6,9-11,14-15,27H,7-8,12-13H2,1-4H3. The fourth-order valence-electron chi connectivity index (χ4n) is 4.78. The van der Waals surface area contributed by atoms with Crippen LogP contribution in [0.4, 0.5) is 21.5 Å². The summed E-state index contributed by atoms with van der Waals surface area (Å²) in [5, 5.41) is 1.64. The Morgan fingerprint density at radius 3 is 2.44 bits per heavy atom. The molecule has 1 N–H and O–H groups in total. The molecule has 9 heteroatoms. The van der Waals surface area contributed by atoms with Gasteiger partial charge in [-0.25, -0.2) is 12.8 Å². The molecular weight excluding hydrogens is 473 g/mol. The molecule has 0 unspecified atom stereocenters. The van der Waals surface area contributed by atoms with Gasteiger partial charge in [0.05, 0.1) is 11.4 Å². The maximum absolute atomic E-state index is 14.1. The summed E-state index contributed by atoms with van der Waals surface area (Å²) in [7, 11) is -2.49. The number of anilines is 3. The van der Waals surface area contributed by atoms with Crippen LogP contribution in [0.5, 0.6) is 0 Å². The van der Waals surface area contributed by atoms with Crippen LogP contribution in [-0.4, -0.2) is 34.5 Å². The van der Waals surface area contributed by atoms with Crippen LogP contribution in [0.25, 0.3) is 0 Å². The molecule has 6 nitrogen and oxygen atoms in total. The van der Waals surface area contributed by atoms with E-state index in [1.54, 1.807) is 17.3 Å². The number of nitrogens with zero attached hydrogens (tertiary/aromatic N) is 2. The van der Waals surface area contributed by atoms with E-state index in [4.69, 9.17) is 0 Å². The van der Waals surface area contributed by atoms with Crippen LogP contribution < -0.4 is 14.5 Å². The molecule has 0 saturated carbocycles. The molecule has 0 bridgehead atoms. The van der Waals surface area contributed by atoms with Gasteiger partial charge in [0.25, 0.3) is 15.9 Å². The van der Waals surface area contributed by atoms with Gasteiger partial charge in [-0.15, -0.1) is 11.3 Å². The minimum Gasteiger partial charge on any atom is -0.371 e. The van der Waals surface area contributed by atoms with Crippen LogP contribution in [0, 0.1) is 26.6 Å². The zero-order valence-electron chi connectivity index (χ0n) is 19.7. The fourth-order valence-corrected chi connectivity index (χ4v) is 6.82. The number of sulfonamides is 1. The van der Waals surface area contributed by atoms with Gasteiger partial charge in [0.1, 0.15) is 15.6 Å². The van der Waals surface area contributed by atoms with Gasteiger partial charge in [0, 0.05) is 25.8 Å². The van der Waals surface area contributed by atoms with Gasteiger partial charge in [-0.05, 0) is 73.9 Å². The number of rotatable bonds is 6. The molecule has 34 heavy (non-hydrogen) atoms. The smallest absolute Gasteiger partial charge is 0.270 e. The monoisotopic (exact) mass is 501 g/mol. The molecule has 0 spiro atoms. The number of nitrogens with one attached hydrogen (secondary N) is 1. The topological polar surface area (TPSA) is 69.7 Å². The first-order valence-electron chi connectivity index (χ1n) is 11.1. The maximum atomic E-state index is 14.1. The lowest BCUT2D eigenvalue weighted by molar-refractivity contribution is 0.0997. The summed E-state index contributed by atoms with van der Waals surface area (Å²) < 4.78 is 42.1. The third kappa shape index (κ3) is 4.42. The maximum Gasteiger partial charge on any atom is 0.270 e. The molecule has 2 aromatic carbocycles. The van der Waals surface area contributed by atoms with E-state index in [0.717, 1.165) is 65.8 Å². The van der Waals surface area contributed by atoms with E-state index in [2.05, 4.69) is 22.6 Å². The van der Waals surface area contributed by atoms with Crippen molar-refractivity contribution in [1.82, 2.24) is 0 Å². The Labute approximate surface area is 204 Å². The highest BCUT2D eigenvalue weighted by molar-refractivity contribution is 7.92. The van der Waals surface area contributed by atoms with E-state index in [1.165, 1.54) is 29.8 Å². The van der Waals surface area contributed by atoms with Crippen molar-refractivity contribution in [3.05, 3.63) is 69.2 Å². The Morgan fingerprint density at radius 2 is 1.76 bits per heavy atom. The molecule has 1 saturated heterocycles. The third-order valence-electron chi connectivity index (χ3n) is 6.18. The van der Waals surface area contributed by atoms with Gasteiger partial charge in [-0.1, -0.05) is 18.2 Å². The number of benzene rings is 2. The van der Waals surface area contributed by atoms with Crippen molar-refractivity contribution in [2.24, 2.45) is 0 Å². The molecule has 2 heterocycles. The van der Waals surface area contributed by atoms with Crippen LogP contribution in [-0.2, 0) is 10.0 Å². The molecule has 1 aromatic heterocycles. The lowest BCUT2D eigenvalue weighted by atomic mass is 10.00. The first kappa shape index (κ1) is 24.2. The summed E-state index contributed by atoms with van der Waals surface area (Å²) in [6.07, 6.45) is 2.30. The number of hydrogen-bond acceptors (Lipinski definition) is 5. The predicted molar refractivity (Wildman–Crippen MR) is 136 cm³/mol. The van der Waals surface area contributed by atoms with Crippen molar-refractivity contribution in [1.29, 1.82) is 0 Å². The average molecular weight is 502 g/mol. The molecule has 1 aliphatic heterocycles. The van der Waals surface area contributed by atoms with E-state index in [1.807, 2.05) is 13.8 Å². The molecule has 1 amide bonds. The molecule has 0 aliphatic carbocycles. The molecule has 0 atom stereocenters. The molecule has 0 radical (unpaired) electrons. The van der Waals surface area contributed by atoms with Crippen LogP contribution >= 0.6 is 11.3 Å². The van der Waals surface area contributed by atoms with E-state index in [-0.39, 0.29) is 16.5 Å². The zero-order valence-corrected chi connectivity index (χ0v) is 21.3. The van der Waals surface area contributed by atoms with Gasteiger partial charge < -0.3 is 9.80 Å². The fraction of sp³-hybridized carbons (Fsp3) is 0.320. The van der Waals surface area contributed by atoms with Crippen molar-refractivity contribution >= 4 is 44.3 Å². The Morgan fingerprint density at radius 1 is 1.09 bits per heavy atom. The van der Waals surface area contributed by atoms with E-state index in [9.17, 15) is 17.6 Å². The summed E-state index contributed by atoms with van der Waals surface area (Å²) in [5.41, 5.74) is 5.28. The SMILES string of the molecule is Cc1cc(C)c(N(C)C(=O)c2sccc2NS(=O)(=O)c2ccccc2F)c(C)c1N1CCCC1. The van der Waals surface area contributed by atoms with Gasteiger partial charge in [0.2, 0.25) is 0 Å². The van der Waals surface area contributed by atoms with Crippen molar-refractivity contribution in [3.8, 4) is 0 Å². The van der Waals surface area contributed by atoms with Crippen LogP contribution in [0.3, 0.4) is 0 Å². The molecule has 1 fully saturated rings. The summed E-state index contributed by atoms with van der Waals surface area (Å²) in [6.45, 7) is 8.09. The largest absolute Gasteiger partial charge is 0.371 e. The van der Waals surface area contributed by atoms with Gasteiger partial charge in [-0.3, -0.25) is 9.52 Å². The van der Waals surface area contributed by atoms with Gasteiger partial charge in [0.15, 0.2) is 0 Å². The average Bonchev–Trinajstić information content (AvgIpc) is 3.45. The summed E-state index contributed by atoms with van der Waals surface area (Å²) >= 11 is 1.14. The Hall–Kier alpha value is -2.91. The van der Waals surface area contributed by atoms with Gasteiger partial charge in [-0.2, -0.15) is 0 Å². The molecule has 180 valence electrons. The van der Waals surface area contributed by atoms with Crippen molar-refractivity contribution in [2.75, 3.05) is 34.7 Å². The van der Waals surface area contributed by atoms with Gasteiger partial charge >= 0.3 is 0 Å². The first-order valence-corrected chi connectivity index (χ1v) is 13.5. The lowest BCUT2D eigenvalue weighted by Gasteiger charge is -2.29. The van der Waals surface area contributed by atoms with Crippen LogP contribution in [0.2, 0.25) is 0 Å². The van der Waals surface area contributed by atoms with Crippen molar-refractivity contribution < 1.29 is 17.6 Å². The number of thiophene rings is 1. The van der Waals surface area contributed by atoms with E-state index >= 15 is 0 Å². The van der Waals surface area contributed by atoms with Crippen LogP contribution in [0.1, 0.15) is 39.2 Å². The normalized spacial score (nSPS) is 13.9. The Bertz CT molecular complexity index is 1350. The Balaban J connectivity index is 1.68. The van der Waals surface area contributed by atoms with E-state index in [0.29, 0.717) is 0 Å².